The van der Waals surface area contributed by atoms with Crippen LogP contribution in [0.15, 0.2) is 55.1 Å². The Morgan fingerprint density at radius 2 is 1.31 bits per heavy atom. The summed E-state index contributed by atoms with van der Waals surface area (Å²) >= 11 is 0. The van der Waals surface area contributed by atoms with E-state index in [-0.39, 0.29) is 37.0 Å². The van der Waals surface area contributed by atoms with E-state index in [4.69, 9.17) is 14.3 Å². The van der Waals surface area contributed by atoms with Gasteiger partial charge in [0.25, 0.3) is 5.60 Å². The molecule has 0 aliphatic carbocycles. The third-order valence-electron chi connectivity index (χ3n) is 5.02. The molecular weight excluding hydrogens is 538 g/mol. The van der Waals surface area contributed by atoms with Crippen molar-refractivity contribution in [3.8, 4) is 0 Å². The lowest BCUT2D eigenvalue weighted by Crippen LogP contribution is -2.55. The molecule has 0 aliphatic heterocycles. The number of rotatable bonds is 10. The Labute approximate surface area is 218 Å². The maximum absolute atomic E-state index is 13.1. The molecule has 0 radical (unpaired) electrons. The zero-order valence-electron chi connectivity index (χ0n) is 20.7. The Morgan fingerprint density at radius 3 is 1.74 bits per heavy atom. The van der Waals surface area contributed by atoms with Crippen LogP contribution < -0.4 is 10.8 Å². The molecule has 0 spiro atoms. The van der Waals surface area contributed by atoms with Gasteiger partial charge in [-0.2, -0.15) is 26.3 Å². The predicted molar refractivity (Wildman–Crippen MR) is 126 cm³/mol. The summed E-state index contributed by atoms with van der Waals surface area (Å²) in [5, 5.41) is 1.76. The number of anilines is 1. The van der Waals surface area contributed by atoms with Gasteiger partial charge in [-0.3, -0.25) is 0 Å². The van der Waals surface area contributed by atoms with E-state index < -0.39 is 59.2 Å². The summed E-state index contributed by atoms with van der Waals surface area (Å²) in [4.78, 5) is 43.5. The second kappa shape index (κ2) is 12.7. The van der Waals surface area contributed by atoms with Gasteiger partial charge in [-0.15, -0.1) is 0 Å². The average Bonchev–Trinajstić information content (AvgIpc) is 2.86. The lowest BCUT2D eigenvalue weighted by atomic mass is 9.91. The van der Waals surface area contributed by atoms with E-state index in [9.17, 15) is 40.7 Å². The second-order valence-electron chi connectivity index (χ2n) is 7.87. The number of alkyl halides is 6. The van der Waals surface area contributed by atoms with Crippen molar-refractivity contribution >= 4 is 29.2 Å². The summed E-state index contributed by atoms with van der Waals surface area (Å²) in [7, 11) is 0. The number of hydrogen-bond donors (Lipinski definition) is 2. The molecule has 8 nitrogen and oxygen atoms in total. The van der Waals surface area contributed by atoms with Crippen LogP contribution in [-0.2, 0) is 36.3 Å². The van der Waals surface area contributed by atoms with Crippen LogP contribution >= 0.6 is 0 Å². The summed E-state index contributed by atoms with van der Waals surface area (Å²) in [5.74, 6) is -2.58. The first-order valence-electron chi connectivity index (χ1n) is 11.3. The average molecular weight is 562 g/mol. The van der Waals surface area contributed by atoms with Crippen LogP contribution in [0, 0.1) is 0 Å². The van der Waals surface area contributed by atoms with E-state index in [2.05, 4.69) is 6.58 Å². The van der Waals surface area contributed by atoms with Gasteiger partial charge in [0.1, 0.15) is 0 Å². The largest absolute Gasteiger partial charge is 0.463 e. The van der Waals surface area contributed by atoms with Gasteiger partial charge in [-0.1, -0.05) is 36.9 Å². The number of urea groups is 1. The minimum Gasteiger partial charge on any atom is -0.463 e. The van der Waals surface area contributed by atoms with Gasteiger partial charge >= 0.3 is 30.3 Å². The highest BCUT2D eigenvalue weighted by atomic mass is 19.4. The summed E-state index contributed by atoms with van der Waals surface area (Å²) in [6.45, 7) is 6.21. The fraction of sp³-hybridized carbons (Fsp3) is 0.320. The molecule has 0 heterocycles. The minimum atomic E-state index is -5.16. The van der Waals surface area contributed by atoms with Crippen molar-refractivity contribution in [2.24, 2.45) is 0 Å². The predicted octanol–water partition coefficient (Wildman–Crippen LogP) is 5.75. The van der Waals surface area contributed by atoms with Crippen LogP contribution in [0.2, 0.25) is 0 Å². The fourth-order valence-corrected chi connectivity index (χ4v) is 3.24. The van der Waals surface area contributed by atoms with Crippen molar-refractivity contribution in [1.82, 2.24) is 5.48 Å². The molecule has 39 heavy (non-hydrogen) atoms. The molecular formula is C25H24F6N2O6. The molecule has 0 atom stereocenters. The Morgan fingerprint density at radius 1 is 0.821 bits per heavy atom. The molecule has 0 bridgehead atoms. The summed E-state index contributed by atoms with van der Waals surface area (Å²) in [5.41, 5.74) is -4.60. The van der Waals surface area contributed by atoms with Gasteiger partial charge in [-0.25, -0.2) is 24.7 Å². The van der Waals surface area contributed by atoms with E-state index in [0.717, 1.165) is 0 Å². The molecule has 212 valence electrons. The molecule has 2 amide bonds. The van der Waals surface area contributed by atoms with E-state index in [0.29, 0.717) is 5.56 Å². The van der Waals surface area contributed by atoms with E-state index in [1.54, 1.807) is 41.1 Å². The maximum Gasteiger partial charge on any atom is 0.416 e. The van der Waals surface area contributed by atoms with Crippen LogP contribution in [-0.4, -0.2) is 36.8 Å². The number of carbonyl (C=O) groups excluding carboxylic acids is 3. The van der Waals surface area contributed by atoms with Crippen LogP contribution in [0.1, 0.15) is 37.0 Å². The van der Waals surface area contributed by atoms with E-state index in [1.165, 1.54) is 13.8 Å². The Balaban J connectivity index is 2.39. The standard InChI is InChI=1S/C25H24F6N2O6/c1-4-37-20(34)23(21(35)38-5-2,14-15(3)16-9-7-6-8-10-16)39-33-22(36)32-19-12-17(24(26,27)28)11-18(13-19)25(29,30)31/h6-13H,3-5,14H2,1-2H3,(H2,32,33,36). The van der Waals surface area contributed by atoms with E-state index in [1.807, 2.05) is 0 Å². The SMILES string of the molecule is C=C(CC(ONC(=O)Nc1cc(C(F)(F)F)cc(C(F)(F)F)c1)(C(=O)OCC)C(=O)OCC)c1ccccc1. The van der Waals surface area contributed by atoms with Crippen LogP contribution in [0.3, 0.4) is 0 Å². The first kappa shape index (κ1) is 31.1. The number of hydrogen-bond acceptors (Lipinski definition) is 6. The number of halogens is 6. The third kappa shape index (κ3) is 8.21. The van der Waals surface area contributed by atoms with Crippen molar-refractivity contribution in [3.63, 3.8) is 0 Å². The molecule has 2 N–H and O–H groups in total. The van der Waals surface area contributed by atoms with Gasteiger partial charge in [0.15, 0.2) is 0 Å². The topological polar surface area (TPSA) is 103 Å². The molecule has 14 heteroatoms. The molecule has 2 aromatic carbocycles. The van der Waals surface area contributed by atoms with Crippen molar-refractivity contribution in [2.75, 3.05) is 18.5 Å². The molecule has 0 fully saturated rings. The zero-order valence-corrected chi connectivity index (χ0v) is 20.7. The van der Waals surface area contributed by atoms with Crippen LogP contribution in [0.25, 0.3) is 5.57 Å². The first-order valence-corrected chi connectivity index (χ1v) is 11.3. The highest BCUT2D eigenvalue weighted by Crippen LogP contribution is 2.37. The molecule has 2 aromatic rings. The molecule has 0 saturated heterocycles. The number of hydroxylamine groups is 1. The highest BCUT2D eigenvalue weighted by molar-refractivity contribution is 6.05. The van der Waals surface area contributed by atoms with Crippen molar-refractivity contribution in [3.05, 3.63) is 71.8 Å². The fourth-order valence-electron chi connectivity index (χ4n) is 3.24. The van der Waals surface area contributed by atoms with Crippen molar-refractivity contribution in [2.45, 2.75) is 38.2 Å². The number of esters is 2. The van der Waals surface area contributed by atoms with Crippen LogP contribution in [0.5, 0.6) is 0 Å². The van der Waals surface area contributed by atoms with Gasteiger partial charge in [-0.05, 0) is 43.2 Å². The second-order valence-corrected chi connectivity index (χ2v) is 7.87. The van der Waals surface area contributed by atoms with Gasteiger partial charge in [0, 0.05) is 12.1 Å². The zero-order chi connectivity index (χ0) is 29.4. The van der Waals surface area contributed by atoms with E-state index >= 15 is 0 Å². The number of ether oxygens (including phenoxy) is 2. The van der Waals surface area contributed by atoms with Gasteiger partial charge < -0.3 is 14.8 Å². The Kier molecular flexibility index (Phi) is 10.1. The number of carbonyl (C=O) groups is 3. The summed E-state index contributed by atoms with van der Waals surface area (Å²) < 4.78 is 88.7. The molecule has 0 saturated carbocycles. The normalized spacial score (nSPS) is 11.9. The highest BCUT2D eigenvalue weighted by Gasteiger charge is 2.52. The Hall–Kier alpha value is -4.07. The molecule has 2 rings (SSSR count). The number of benzene rings is 2. The number of amides is 2. The van der Waals surface area contributed by atoms with Gasteiger partial charge in [0.05, 0.1) is 24.3 Å². The number of nitrogens with one attached hydrogen (secondary N) is 2. The summed E-state index contributed by atoms with van der Waals surface area (Å²) in [6, 6.07) is 7.09. The lowest BCUT2D eigenvalue weighted by Gasteiger charge is -2.29. The monoisotopic (exact) mass is 562 g/mol. The lowest BCUT2D eigenvalue weighted by molar-refractivity contribution is -0.196. The smallest absolute Gasteiger partial charge is 0.416 e. The quantitative estimate of drug-likeness (QED) is 0.166. The summed E-state index contributed by atoms with van der Waals surface area (Å²) in [6.07, 6.45) is -10.9. The maximum atomic E-state index is 13.1. The van der Waals surface area contributed by atoms with Crippen LogP contribution in [0.4, 0.5) is 36.8 Å². The van der Waals surface area contributed by atoms with Gasteiger partial charge in [0.2, 0.25) is 0 Å². The molecule has 0 aromatic heterocycles. The Bertz CT molecular complexity index is 1150. The van der Waals surface area contributed by atoms with Crippen molar-refractivity contribution in [1.29, 1.82) is 0 Å². The first-order chi connectivity index (χ1) is 18.1. The third-order valence-corrected chi connectivity index (χ3v) is 5.02. The molecule has 0 unspecified atom stereocenters. The van der Waals surface area contributed by atoms with Crippen molar-refractivity contribution < 1.29 is 55.0 Å². The minimum absolute atomic E-state index is 0.124. The molecule has 0 aliphatic rings.